The number of hydrogen-bond donors (Lipinski definition) is 4. The van der Waals surface area contributed by atoms with Gasteiger partial charge in [0, 0.05) is 69.0 Å². The summed E-state index contributed by atoms with van der Waals surface area (Å²) in [6, 6.07) is 22.3. The molecule has 0 spiro atoms. The zero-order chi connectivity index (χ0) is 42.1. The van der Waals surface area contributed by atoms with E-state index in [0.717, 1.165) is 76.3 Å². The van der Waals surface area contributed by atoms with Gasteiger partial charge in [0.05, 0.1) is 29.7 Å². The number of hydrogen-bond acceptors (Lipinski definition) is 7. The number of benzene rings is 2. The van der Waals surface area contributed by atoms with Crippen LogP contribution in [0.1, 0.15) is 123 Å². The summed E-state index contributed by atoms with van der Waals surface area (Å²) in [6.07, 6.45) is 19.0. The van der Waals surface area contributed by atoms with Crippen molar-refractivity contribution in [3.8, 4) is 0 Å². The third kappa shape index (κ3) is 10.5. The van der Waals surface area contributed by atoms with Crippen LogP contribution in [-0.4, -0.2) is 154 Å². The summed E-state index contributed by atoms with van der Waals surface area (Å²) in [6.45, 7) is 8.53. The van der Waals surface area contributed by atoms with Gasteiger partial charge in [-0.2, -0.15) is 0 Å². The van der Waals surface area contributed by atoms with Gasteiger partial charge in [0.2, 0.25) is 0 Å². The number of carboxylic acid groups (broad SMARTS) is 1. The lowest BCUT2D eigenvalue weighted by Gasteiger charge is -2.44. The summed E-state index contributed by atoms with van der Waals surface area (Å²) in [5, 5.41) is 18.3. The number of likely N-dealkylation sites (tertiary alicyclic amines) is 3. The van der Waals surface area contributed by atoms with Crippen LogP contribution in [0.2, 0.25) is 0 Å². The Morgan fingerprint density at radius 3 is 1.34 bits per heavy atom. The minimum absolute atomic E-state index is 0.162. The van der Waals surface area contributed by atoms with Gasteiger partial charge >= 0.3 is 18.0 Å². The highest BCUT2D eigenvalue weighted by atomic mass is 16.4. The van der Waals surface area contributed by atoms with E-state index < -0.39 is 5.97 Å². The number of urea groups is 2. The first-order valence-electron chi connectivity index (χ1n) is 23.8. The van der Waals surface area contributed by atoms with Crippen LogP contribution in [0.3, 0.4) is 0 Å². The van der Waals surface area contributed by atoms with Crippen molar-refractivity contribution in [2.45, 2.75) is 151 Å². The van der Waals surface area contributed by atoms with Crippen LogP contribution in [-0.2, 0) is 0 Å². The van der Waals surface area contributed by atoms with Crippen molar-refractivity contribution < 1.29 is 24.3 Å². The highest BCUT2D eigenvalue weighted by Crippen LogP contribution is 2.35. The quantitative estimate of drug-likeness (QED) is 0.277. The molecule has 2 saturated carbocycles. The van der Waals surface area contributed by atoms with E-state index >= 15 is 0 Å². The molecule has 4 N–H and O–H groups in total. The summed E-state index contributed by atoms with van der Waals surface area (Å²) in [5.41, 5.74) is 1.12. The summed E-state index contributed by atoms with van der Waals surface area (Å²) in [4.78, 5) is 59.7. The van der Waals surface area contributed by atoms with E-state index in [1.807, 2.05) is 35.2 Å². The van der Waals surface area contributed by atoms with E-state index in [0.29, 0.717) is 47.9 Å². The van der Waals surface area contributed by atoms with E-state index in [9.17, 15) is 19.2 Å². The second-order valence-electron chi connectivity index (χ2n) is 18.7. The molecule has 4 atom stereocenters. The molecule has 0 unspecified atom stereocenters. The molecule has 6 aliphatic heterocycles. The van der Waals surface area contributed by atoms with Crippen LogP contribution in [0, 0.1) is 0 Å². The van der Waals surface area contributed by atoms with Crippen molar-refractivity contribution >= 4 is 23.9 Å². The molecule has 6 heterocycles. The van der Waals surface area contributed by atoms with Crippen molar-refractivity contribution in [3.05, 3.63) is 71.8 Å². The number of fused-ring (bicyclic) bond motifs is 2. The average Bonchev–Trinajstić information content (AvgIpc) is 3.85. The molecule has 13 nitrogen and oxygen atoms in total. The Labute approximate surface area is 362 Å². The molecule has 5 amide bonds. The van der Waals surface area contributed by atoms with E-state index in [1.165, 1.54) is 90.4 Å². The van der Waals surface area contributed by atoms with E-state index in [2.05, 4.69) is 35.6 Å². The maximum absolute atomic E-state index is 12.7. The van der Waals surface area contributed by atoms with Crippen molar-refractivity contribution in [1.29, 1.82) is 0 Å². The lowest BCUT2D eigenvalue weighted by molar-refractivity contribution is 0.0471. The number of carbonyl (C=O) groups is 4. The topological polar surface area (TPSA) is 141 Å². The third-order valence-electron chi connectivity index (χ3n) is 15.2. The molecule has 2 aromatic rings. The van der Waals surface area contributed by atoms with Crippen molar-refractivity contribution in [2.24, 2.45) is 0 Å². The Kier molecular flexibility index (Phi) is 14.8. The predicted molar refractivity (Wildman–Crippen MR) is 237 cm³/mol. The molecular weight excluding hydrogens is 769 g/mol. The van der Waals surface area contributed by atoms with Crippen LogP contribution in [0.15, 0.2) is 60.7 Å². The number of piperidine rings is 4. The highest BCUT2D eigenvalue weighted by molar-refractivity contribution is 5.94. The third-order valence-corrected chi connectivity index (χ3v) is 15.2. The summed E-state index contributed by atoms with van der Waals surface area (Å²) in [5.74, 6) is -0.717. The number of nitrogens with one attached hydrogen (secondary N) is 3. The van der Waals surface area contributed by atoms with E-state index in [-0.39, 0.29) is 18.0 Å². The zero-order valence-electron chi connectivity index (χ0n) is 36.2. The van der Waals surface area contributed by atoms with Crippen LogP contribution in [0.25, 0.3) is 0 Å². The molecular formula is C48H70N8O5. The summed E-state index contributed by atoms with van der Waals surface area (Å²) in [7, 11) is 0. The maximum atomic E-state index is 12.7. The Morgan fingerprint density at radius 1 is 0.492 bits per heavy atom. The Balaban J connectivity index is 0.000000144. The lowest BCUT2D eigenvalue weighted by atomic mass is 9.89. The van der Waals surface area contributed by atoms with Crippen LogP contribution < -0.4 is 16.0 Å². The van der Waals surface area contributed by atoms with Gasteiger partial charge in [-0.1, -0.05) is 62.1 Å². The SMILES string of the molecule is O=C(O)c1ccccc1.O=C(c1ccccc1)N1CCC(N2CCC(N3C(=O)N[C@@H]4CCCC[C@@H]43)CC2)CC1.O=C1N[C@@H]2CCCC[C@@H]2N1C1CCN(C2CCNCC2)CC1. The molecule has 13 heteroatoms. The van der Waals surface area contributed by atoms with Gasteiger partial charge in [0.25, 0.3) is 5.91 Å². The minimum Gasteiger partial charge on any atom is -0.478 e. The molecule has 0 radical (unpaired) electrons. The fraction of sp³-hybridized carbons (Fsp3) is 0.667. The number of rotatable bonds is 6. The fourth-order valence-electron chi connectivity index (χ4n) is 11.9. The minimum atomic E-state index is -0.879. The largest absolute Gasteiger partial charge is 0.478 e. The second kappa shape index (κ2) is 20.8. The Morgan fingerprint density at radius 2 is 0.902 bits per heavy atom. The molecule has 10 rings (SSSR count). The van der Waals surface area contributed by atoms with Crippen molar-refractivity contribution in [3.63, 3.8) is 0 Å². The van der Waals surface area contributed by atoms with Crippen LogP contribution >= 0.6 is 0 Å². The van der Waals surface area contributed by atoms with E-state index in [4.69, 9.17) is 5.11 Å². The first kappa shape index (κ1) is 43.4. The molecule has 6 saturated heterocycles. The lowest BCUT2D eigenvalue weighted by Crippen LogP contribution is -2.53. The number of amides is 5. The maximum Gasteiger partial charge on any atom is 0.335 e. The molecule has 61 heavy (non-hydrogen) atoms. The Bertz CT molecular complexity index is 1740. The standard InChI is InChI=1S/C24H34N4O2.C17H30N4O.C7H6O2/c29-23(18-6-2-1-3-7-18)27-16-10-19(11-17-27)26-14-12-20(13-15-26)28-22-9-5-4-8-21(22)25-24(28)30;22-17-19-15-3-1-2-4-16(15)21(17)14-7-11-20(12-8-14)13-5-9-18-10-6-13;8-7(9)6-4-2-1-3-5-6/h1-3,6-7,19-22H,4-5,8-17H2,(H,25,30);13-16,18H,1-12H2,(H,19,22);1-5H,(H,8,9)/t21-,22+;15-,16+;/m11./s1. The first-order chi connectivity index (χ1) is 29.8. The summed E-state index contributed by atoms with van der Waals surface area (Å²) < 4.78 is 0. The van der Waals surface area contributed by atoms with Gasteiger partial charge in [-0.15, -0.1) is 0 Å². The number of nitrogens with zero attached hydrogens (tertiary/aromatic N) is 5. The predicted octanol–water partition coefficient (Wildman–Crippen LogP) is 6.02. The van der Waals surface area contributed by atoms with Crippen molar-refractivity contribution in [1.82, 2.24) is 40.4 Å². The van der Waals surface area contributed by atoms with E-state index in [1.54, 1.807) is 30.3 Å². The fourth-order valence-corrected chi connectivity index (χ4v) is 11.9. The molecule has 0 aromatic heterocycles. The number of carboxylic acids is 1. The second-order valence-corrected chi connectivity index (χ2v) is 18.7. The van der Waals surface area contributed by atoms with Gasteiger partial charge < -0.3 is 45.6 Å². The Hall–Kier alpha value is -4.20. The smallest absolute Gasteiger partial charge is 0.335 e. The van der Waals surface area contributed by atoms with Crippen molar-refractivity contribution in [2.75, 3.05) is 52.4 Å². The van der Waals surface area contributed by atoms with Crippen LogP contribution in [0.4, 0.5) is 9.59 Å². The molecule has 2 aliphatic carbocycles. The normalized spacial score (nSPS) is 28.4. The first-order valence-corrected chi connectivity index (χ1v) is 23.8. The monoisotopic (exact) mass is 839 g/mol. The molecule has 0 bridgehead atoms. The van der Waals surface area contributed by atoms with Gasteiger partial charge in [0.1, 0.15) is 0 Å². The summed E-state index contributed by atoms with van der Waals surface area (Å²) >= 11 is 0. The van der Waals surface area contributed by atoms with Crippen LogP contribution in [0.5, 0.6) is 0 Å². The molecule has 8 fully saturated rings. The van der Waals surface area contributed by atoms with Gasteiger partial charge in [-0.25, -0.2) is 14.4 Å². The number of carbonyl (C=O) groups excluding carboxylic acids is 3. The average molecular weight is 839 g/mol. The number of aromatic carboxylic acids is 1. The zero-order valence-corrected chi connectivity index (χ0v) is 36.2. The van der Waals surface area contributed by atoms with Gasteiger partial charge in [-0.05, 0) is 114 Å². The van der Waals surface area contributed by atoms with Gasteiger partial charge in [-0.3, -0.25) is 4.79 Å². The molecule has 2 aromatic carbocycles. The highest BCUT2D eigenvalue weighted by Gasteiger charge is 2.46. The van der Waals surface area contributed by atoms with Gasteiger partial charge in [0.15, 0.2) is 0 Å². The molecule has 8 aliphatic rings. The molecule has 332 valence electrons.